The van der Waals surface area contributed by atoms with Crippen molar-refractivity contribution in [1.82, 2.24) is 9.62 Å². The number of nitrogens with one attached hydrogen (secondary N) is 1. The summed E-state index contributed by atoms with van der Waals surface area (Å²) in [6.45, 7) is 7.14. The lowest BCUT2D eigenvalue weighted by molar-refractivity contribution is 0.271. The maximum atomic E-state index is 11.8. The molecule has 20 heavy (non-hydrogen) atoms. The number of hydrogen-bond acceptors (Lipinski definition) is 5. The van der Waals surface area contributed by atoms with Crippen molar-refractivity contribution in [3.8, 4) is 0 Å². The highest BCUT2D eigenvalue weighted by Crippen LogP contribution is 2.25. The molecule has 112 valence electrons. The second-order valence-electron chi connectivity index (χ2n) is 4.85. The van der Waals surface area contributed by atoms with Gasteiger partial charge in [0.25, 0.3) is 0 Å². The number of nitrogen functional groups attached to an aromatic ring is 1. The van der Waals surface area contributed by atoms with Crippen molar-refractivity contribution < 1.29 is 8.42 Å². The maximum Gasteiger partial charge on any atom is 0.242 e. The number of nitrogens with two attached hydrogens (primary N) is 1. The fourth-order valence-electron chi connectivity index (χ4n) is 2.41. The number of nitrogens with zero attached hydrogens (tertiary/aromatic N) is 2. The zero-order valence-corrected chi connectivity index (χ0v) is 12.8. The second-order valence-corrected chi connectivity index (χ2v) is 6.71. The van der Waals surface area contributed by atoms with E-state index in [0.29, 0.717) is 0 Å². The van der Waals surface area contributed by atoms with Gasteiger partial charge in [0.15, 0.2) is 0 Å². The van der Waals surface area contributed by atoms with Crippen LogP contribution in [-0.2, 0) is 10.0 Å². The highest BCUT2D eigenvalue weighted by atomic mass is 32.2. The van der Waals surface area contributed by atoms with E-state index in [4.69, 9.17) is 5.73 Å². The molecule has 2 rings (SSSR count). The van der Waals surface area contributed by atoms with Gasteiger partial charge in [0.1, 0.15) is 4.90 Å². The van der Waals surface area contributed by atoms with Crippen LogP contribution in [0.5, 0.6) is 0 Å². The monoisotopic (exact) mass is 298 g/mol. The van der Waals surface area contributed by atoms with Crippen LogP contribution in [0.2, 0.25) is 0 Å². The minimum atomic E-state index is -3.49. The Morgan fingerprint density at radius 2 is 1.90 bits per heavy atom. The van der Waals surface area contributed by atoms with E-state index in [1.807, 2.05) is 6.07 Å². The lowest BCUT2D eigenvalue weighted by Gasteiger charge is -2.35. The predicted octanol–water partition coefficient (Wildman–Crippen LogP) is 0.319. The fourth-order valence-corrected chi connectivity index (χ4v) is 3.25. The van der Waals surface area contributed by atoms with Gasteiger partial charge in [-0.2, -0.15) is 0 Å². The summed E-state index contributed by atoms with van der Waals surface area (Å²) in [6, 6.07) is 5.14. The van der Waals surface area contributed by atoms with Crippen LogP contribution in [0, 0.1) is 0 Å². The van der Waals surface area contributed by atoms with Crippen LogP contribution in [0.1, 0.15) is 6.92 Å². The van der Waals surface area contributed by atoms with E-state index in [1.165, 1.54) is 7.05 Å². The molecule has 1 aliphatic rings. The summed E-state index contributed by atoms with van der Waals surface area (Å²) in [4.78, 5) is 4.76. The smallest absolute Gasteiger partial charge is 0.242 e. The first kappa shape index (κ1) is 15.1. The molecule has 0 saturated carbocycles. The van der Waals surface area contributed by atoms with Crippen molar-refractivity contribution in [2.24, 2.45) is 0 Å². The molecule has 0 amide bonds. The third-order valence-corrected chi connectivity index (χ3v) is 5.22. The van der Waals surface area contributed by atoms with Crippen molar-refractivity contribution in [2.45, 2.75) is 11.8 Å². The van der Waals surface area contributed by atoms with Crippen LogP contribution in [0.4, 0.5) is 11.4 Å². The number of anilines is 2. The molecule has 1 heterocycles. The van der Waals surface area contributed by atoms with E-state index < -0.39 is 10.0 Å². The van der Waals surface area contributed by atoms with E-state index in [2.05, 4.69) is 21.4 Å². The first-order chi connectivity index (χ1) is 9.47. The number of hydrogen-bond donors (Lipinski definition) is 2. The van der Waals surface area contributed by atoms with Gasteiger partial charge in [-0.25, -0.2) is 13.1 Å². The van der Waals surface area contributed by atoms with Gasteiger partial charge < -0.3 is 15.5 Å². The molecule has 6 nitrogen and oxygen atoms in total. The maximum absolute atomic E-state index is 11.8. The van der Waals surface area contributed by atoms with Crippen molar-refractivity contribution in [1.29, 1.82) is 0 Å². The molecule has 1 aliphatic heterocycles. The molecule has 1 saturated heterocycles. The summed E-state index contributed by atoms with van der Waals surface area (Å²) in [5.74, 6) is 0. The molecule has 0 radical (unpaired) electrons. The number of rotatable bonds is 4. The van der Waals surface area contributed by atoms with Crippen LogP contribution < -0.4 is 15.4 Å². The topological polar surface area (TPSA) is 78.7 Å². The third-order valence-electron chi connectivity index (χ3n) is 3.74. The van der Waals surface area contributed by atoms with Gasteiger partial charge in [0, 0.05) is 31.9 Å². The quantitative estimate of drug-likeness (QED) is 0.783. The number of benzene rings is 1. The fraction of sp³-hybridized carbons (Fsp3) is 0.538. The van der Waals surface area contributed by atoms with Gasteiger partial charge in [-0.3, -0.25) is 0 Å². The number of piperazine rings is 1. The molecule has 1 fully saturated rings. The average Bonchev–Trinajstić information content (AvgIpc) is 2.47. The summed E-state index contributed by atoms with van der Waals surface area (Å²) in [5.41, 5.74) is 7.15. The van der Waals surface area contributed by atoms with Gasteiger partial charge in [0.05, 0.1) is 5.69 Å². The average molecular weight is 298 g/mol. The summed E-state index contributed by atoms with van der Waals surface area (Å²) in [5, 5.41) is 0. The largest absolute Gasteiger partial charge is 0.398 e. The molecule has 7 heteroatoms. The predicted molar refractivity (Wildman–Crippen MR) is 81.4 cm³/mol. The molecular formula is C13H22N4O2S. The molecule has 3 N–H and O–H groups in total. The van der Waals surface area contributed by atoms with Gasteiger partial charge in [-0.15, -0.1) is 0 Å². The highest BCUT2D eigenvalue weighted by molar-refractivity contribution is 7.89. The molecule has 0 aromatic heterocycles. The van der Waals surface area contributed by atoms with E-state index in [9.17, 15) is 8.42 Å². The normalized spacial score (nSPS) is 17.4. The third kappa shape index (κ3) is 3.05. The Morgan fingerprint density at radius 3 is 2.40 bits per heavy atom. The molecule has 1 aromatic rings. The van der Waals surface area contributed by atoms with Crippen molar-refractivity contribution >= 4 is 21.4 Å². The SMILES string of the molecule is CCN1CCN(c2ccc(S(=O)(=O)NC)c(N)c2)CC1. The van der Waals surface area contributed by atoms with Gasteiger partial charge in [-0.05, 0) is 31.8 Å². The number of sulfonamides is 1. The Balaban J connectivity index is 2.18. The minimum Gasteiger partial charge on any atom is -0.398 e. The Kier molecular flexibility index (Phi) is 4.52. The van der Waals surface area contributed by atoms with Crippen molar-refractivity contribution in [3.05, 3.63) is 18.2 Å². The van der Waals surface area contributed by atoms with E-state index >= 15 is 0 Å². The van der Waals surface area contributed by atoms with Crippen molar-refractivity contribution in [3.63, 3.8) is 0 Å². The lowest BCUT2D eigenvalue weighted by Crippen LogP contribution is -2.46. The van der Waals surface area contributed by atoms with E-state index in [1.54, 1.807) is 12.1 Å². The summed E-state index contributed by atoms with van der Waals surface area (Å²) < 4.78 is 25.8. The molecule has 0 spiro atoms. The Labute approximate surface area is 120 Å². The van der Waals surface area contributed by atoms with Crippen LogP contribution in [0.25, 0.3) is 0 Å². The second kappa shape index (κ2) is 5.99. The van der Waals surface area contributed by atoms with Crippen LogP contribution >= 0.6 is 0 Å². The highest BCUT2D eigenvalue weighted by Gasteiger charge is 2.19. The number of likely N-dealkylation sites (N-methyl/N-ethyl adjacent to an activating group) is 1. The standard InChI is InChI=1S/C13H22N4O2S/c1-3-16-6-8-17(9-7-16)11-4-5-13(12(14)10-11)20(18,19)15-2/h4-5,10,15H,3,6-9,14H2,1-2H3. The van der Waals surface area contributed by atoms with Gasteiger partial charge in [-0.1, -0.05) is 6.92 Å². The Bertz CT molecular complexity index is 566. The van der Waals surface area contributed by atoms with Gasteiger partial charge in [0.2, 0.25) is 10.0 Å². The lowest BCUT2D eigenvalue weighted by atomic mass is 10.2. The first-order valence-electron chi connectivity index (χ1n) is 6.78. The van der Waals surface area contributed by atoms with Gasteiger partial charge >= 0.3 is 0 Å². The first-order valence-corrected chi connectivity index (χ1v) is 8.26. The molecule has 0 unspecified atom stereocenters. The van der Waals surface area contributed by atoms with Crippen LogP contribution in [0.3, 0.4) is 0 Å². The van der Waals surface area contributed by atoms with E-state index in [-0.39, 0.29) is 10.6 Å². The Hall–Kier alpha value is -1.31. The zero-order chi connectivity index (χ0) is 14.8. The van der Waals surface area contributed by atoms with E-state index in [0.717, 1.165) is 38.4 Å². The minimum absolute atomic E-state index is 0.135. The summed E-state index contributed by atoms with van der Waals surface area (Å²) >= 11 is 0. The molecule has 0 atom stereocenters. The van der Waals surface area contributed by atoms with Crippen molar-refractivity contribution in [2.75, 3.05) is 50.4 Å². The zero-order valence-electron chi connectivity index (χ0n) is 12.0. The summed E-state index contributed by atoms with van der Waals surface area (Å²) in [7, 11) is -2.11. The molecular weight excluding hydrogens is 276 g/mol. The molecule has 1 aromatic carbocycles. The summed E-state index contributed by atoms with van der Waals surface area (Å²) in [6.07, 6.45) is 0. The molecule has 0 aliphatic carbocycles. The Morgan fingerprint density at radius 1 is 1.25 bits per heavy atom. The molecule has 0 bridgehead atoms. The van der Waals surface area contributed by atoms with Crippen LogP contribution in [0.15, 0.2) is 23.1 Å². The van der Waals surface area contributed by atoms with Crippen LogP contribution in [-0.4, -0.2) is 53.1 Å².